The molecule has 11 aromatic rings. The van der Waals surface area contributed by atoms with Crippen molar-refractivity contribution in [3.05, 3.63) is 200 Å². The van der Waals surface area contributed by atoms with Gasteiger partial charge in [0, 0.05) is 49.6 Å². The smallest absolute Gasteiger partial charge is 0.164 e. The molecular weight excluding hydrogens is 683 g/mol. The molecule has 0 aliphatic heterocycles. The van der Waals surface area contributed by atoms with Crippen LogP contribution < -0.4 is 0 Å². The summed E-state index contributed by atoms with van der Waals surface area (Å²) in [5.74, 6) is 1.92. The van der Waals surface area contributed by atoms with E-state index >= 15 is 0 Å². The second-order valence-corrected chi connectivity index (χ2v) is 14.1. The van der Waals surface area contributed by atoms with Crippen LogP contribution in [0.15, 0.2) is 200 Å². The molecule has 0 saturated heterocycles. The van der Waals surface area contributed by atoms with Crippen molar-refractivity contribution in [3.63, 3.8) is 0 Å². The molecule has 0 aliphatic carbocycles. The highest BCUT2D eigenvalue weighted by Crippen LogP contribution is 2.42. The average molecular weight is 716 g/mol. The van der Waals surface area contributed by atoms with E-state index in [-0.39, 0.29) is 0 Å². The molecule has 0 aliphatic rings. The van der Waals surface area contributed by atoms with E-state index in [9.17, 15) is 0 Å². The van der Waals surface area contributed by atoms with Gasteiger partial charge in [-0.05, 0) is 59.7 Å². The molecule has 0 spiro atoms. The third kappa shape index (κ3) is 5.21. The summed E-state index contributed by atoms with van der Waals surface area (Å²) in [4.78, 5) is 15.0. The predicted molar refractivity (Wildman–Crippen MR) is 230 cm³/mol. The van der Waals surface area contributed by atoms with Crippen LogP contribution in [0.1, 0.15) is 0 Å². The quantitative estimate of drug-likeness (QED) is 0.172. The van der Waals surface area contributed by atoms with E-state index in [4.69, 9.17) is 15.0 Å². The summed E-state index contributed by atoms with van der Waals surface area (Å²) in [7, 11) is 0. The van der Waals surface area contributed by atoms with Gasteiger partial charge in [-0.15, -0.1) is 0 Å². The van der Waals surface area contributed by atoms with E-state index in [0.717, 1.165) is 39.1 Å². The first kappa shape index (κ1) is 31.9. The second-order valence-electron chi connectivity index (χ2n) is 14.1. The van der Waals surface area contributed by atoms with Crippen LogP contribution in [0.25, 0.3) is 100 Å². The van der Waals surface area contributed by atoms with Gasteiger partial charge in [0.2, 0.25) is 0 Å². The molecule has 5 nitrogen and oxygen atoms in total. The summed E-state index contributed by atoms with van der Waals surface area (Å²) in [5.41, 5.74) is 12.0. The van der Waals surface area contributed by atoms with Crippen LogP contribution in [-0.2, 0) is 0 Å². The Hall–Kier alpha value is -7.63. The van der Waals surface area contributed by atoms with Gasteiger partial charge in [0.05, 0.1) is 22.1 Å². The van der Waals surface area contributed by atoms with Crippen LogP contribution in [0.2, 0.25) is 0 Å². The number of aromatic nitrogens is 5. The van der Waals surface area contributed by atoms with Crippen molar-refractivity contribution in [1.29, 1.82) is 0 Å². The Morgan fingerprint density at radius 3 is 1.21 bits per heavy atom. The summed E-state index contributed by atoms with van der Waals surface area (Å²) in [6.07, 6.45) is 0. The first-order valence-corrected chi connectivity index (χ1v) is 18.9. The van der Waals surface area contributed by atoms with E-state index in [0.29, 0.717) is 17.5 Å². The van der Waals surface area contributed by atoms with Gasteiger partial charge in [-0.1, -0.05) is 152 Å². The second kappa shape index (κ2) is 13.0. The lowest BCUT2D eigenvalue weighted by Gasteiger charge is -2.12. The van der Waals surface area contributed by atoms with Gasteiger partial charge in [0.1, 0.15) is 0 Å². The van der Waals surface area contributed by atoms with Crippen LogP contribution in [0, 0.1) is 0 Å². The fourth-order valence-corrected chi connectivity index (χ4v) is 8.23. The van der Waals surface area contributed by atoms with Crippen molar-refractivity contribution in [1.82, 2.24) is 24.1 Å². The monoisotopic (exact) mass is 715 g/mol. The standard InChI is InChI=1S/C51H33N5/c1-4-15-34(16-5-1)35-27-29-39(30-28-35)55-43-25-12-10-23-41(43)47-45(55)31-32-46-48(47)42-24-11-13-26-44(42)56(46)40-22-14-21-38(33-40)51-53-49(36-17-6-2-7-18-36)52-50(54-51)37-19-8-3-9-20-37/h1-33H. The Bertz CT molecular complexity index is 3160. The van der Waals surface area contributed by atoms with Gasteiger partial charge >= 0.3 is 0 Å². The summed E-state index contributed by atoms with van der Waals surface area (Å²) >= 11 is 0. The molecule has 56 heavy (non-hydrogen) atoms. The minimum Gasteiger partial charge on any atom is -0.309 e. The zero-order valence-electron chi connectivity index (χ0n) is 30.3. The number of benzene rings is 8. The molecule has 0 atom stereocenters. The highest BCUT2D eigenvalue weighted by molar-refractivity contribution is 6.28. The lowest BCUT2D eigenvalue weighted by atomic mass is 10.1. The van der Waals surface area contributed by atoms with E-state index in [1.54, 1.807) is 0 Å². The molecule has 0 amide bonds. The van der Waals surface area contributed by atoms with Crippen LogP contribution in [0.5, 0.6) is 0 Å². The third-order valence-corrected chi connectivity index (χ3v) is 10.8. The molecule has 3 aromatic heterocycles. The maximum Gasteiger partial charge on any atom is 0.164 e. The van der Waals surface area contributed by atoms with E-state index in [1.807, 2.05) is 60.7 Å². The number of fused-ring (bicyclic) bond motifs is 7. The average Bonchev–Trinajstić information content (AvgIpc) is 3.80. The molecule has 0 N–H and O–H groups in total. The molecular formula is C51H33N5. The Kier molecular flexibility index (Phi) is 7.42. The van der Waals surface area contributed by atoms with Crippen molar-refractivity contribution in [2.45, 2.75) is 0 Å². The minimum absolute atomic E-state index is 0.629. The fourth-order valence-electron chi connectivity index (χ4n) is 8.23. The molecule has 262 valence electrons. The summed E-state index contributed by atoms with van der Waals surface area (Å²) < 4.78 is 4.78. The van der Waals surface area contributed by atoms with Crippen molar-refractivity contribution < 1.29 is 0 Å². The van der Waals surface area contributed by atoms with Gasteiger partial charge in [-0.3, -0.25) is 0 Å². The maximum absolute atomic E-state index is 5.04. The van der Waals surface area contributed by atoms with Crippen molar-refractivity contribution >= 4 is 43.6 Å². The Morgan fingerprint density at radius 2 is 0.679 bits per heavy atom. The van der Waals surface area contributed by atoms with Gasteiger partial charge < -0.3 is 9.13 Å². The Balaban J connectivity index is 1.11. The number of para-hydroxylation sites is 2. The van der Waals surface area contributed by atoms with Gasteiger partial charge in [-0.25, -0.2) is 15.0 Å². The molecule has 0 saturated carbocycles. The van der Waals surface area contributed by atoms with Gasteiger partial charge in [0.25, 0.3) is 0 Å². The van der Waals surface area contributed by atoms with Crippen molar-refractivity contribution in [2.24, 2.45) is 0 Å². The fraction of sp³-hybridized carbons (Fsp3) is 0. The largest absolute Gasteiger partial charge is 0.309 e. The zero-order chi connectivity index (χ0) is 37.0. The Labute approximate surface area is 323 Å². The number of hydrogen-bond donors (Lipinski definition) is 0. The van der Waals surface area contributed by atoms with E-state index < -0.39 is 0 Å². The summed E-state index contributed by atoms with van der Waals surface area (Å²) in [6, 6.07) is 70.4. The van der Waals surface area contributed by atoms with Gasteiger partial charge in [0.15, 0.2) is 17.5 Å². The first-order chi connectivity index (χ1) is 27.8. The van der Waals surface area contributed by atoms with E-state index in [1.165, 1.54) is 43.7 Å². The van der Waals surface area contributed by atoms with Crippen LogP contribution >= 0.6 is 0 Å². The number of hydrogen-bond acceptors (Lipinski definition) is 3. The normalized spacial score (nSPS) is 11.6. The summed E-state index contributed by atoms with van der Waals surface area (Å²) in [6.45, 7) is 0. The minimum atomic E-state index is 0.629. The number of rotatable bonds is 6. The first-order valence-electron chi connectivity index (χ1n) is 18.9. The molecule has 0 radical (unpaired) electrons. The highest BCUT2D eigenvalue weighted by atomic mass is 15.0. The van der Waals surface area contributed by atoms with Crippen molar-refractivity contribution in [3.8, 4) is 56.7 Å². The molecule has 0 fully saturated rings. The molecule has 8 aromatic carbocycles. The van der Waals surface area contributed by atoms with Crippen molar-refractivity contribution in [2.75, 3.05) is 0 Å². The highest BCUT2D eigenvalue weighted by Gasteiger charge is 2.21. The lowest BCUT2D eigenvalue weighted by molar-refractivity contribution is 1.07. The summed E-state index contributed by atoms with van der Waals surface area (Å²) in [5, 5.41) is 4.91. The molecule has 0 bridgehead atoms. The Morgan fingerprint density at radius 1 is 0.268 bits per heavy atom. The molecule has 0 unspecified atom stereocenters. The molecule has 11 rings (SSSR count). The van der Waals surface area contributed by atoms with E-state index in [2.05, 4.69) is 149 Å². The molecule has 3 heterocycles. The van der Waals surface area contributed by atoms with Crippen LogP contribution in [0.3, 0.4) is 0 Å². The predicted octanol–water partition coefficient (Wildman–Crippen LogP) is 12.7. The topological polar surface area (TPSA) is 48.5 Å². The number of nitrogens with zero attached hydrogens (tertiary/aromatic N) is 5. The zero-order valence-corrected chi connectivity index (χ0v) is 30.3. The maximum atomic E-state index is 5.04. The van der Waals surface area contributed by atoms with Crippen LogP contribution in [-0.4, -0.2) is 24.1 Å². The SMILES string of the molecule is c1ccc(-c2ccc(-n3c4ccccc4c4c5c6ccccc6n(-c6cccc(-c7nc(-c8ccccc8)nc(-c8ccccc8)n7)c6)c5ccc43)cc2)cc1. The third-order valence-electron chi connectivity index (χ3n) is 10.8. The van der Waals surface area contributed by atoms with Crippen LogP contribution in [0.4, 0.5) is 0 Å². The van der Waals surface area contributed by atoms with Gasteiger partial charge in [-0.2, -0.15) is 0 Å². The molecule has 5 heteroatoms. The lowest BCUT2D eigenvalue weighted by Crippen LogP contribution is -2.01.